The molecule has 1 aromatic heterocycles. The van der Waals surface area contributed by atoms with E-state index in [1.165, 1.54) is 17.3 Å². The number of aryl methyl sites for hydroxylation is 1. The first kappa shape index (κ1) is 14.5. The van der Waals surface area contributed by atoms with Crippen LogP contribution in [0.1, 0.15) is 18.9 Å². The summed E-state index contributed by atoms with van der Waals surface area (Å²) in [4.78, 5) is 13.6. The van der Waals surface area contributed by atoms with Gasteiger partial charge in [-0.05, 0) is 37.2 Å². The van der Waals surface area contributed by atoms with Crippen LogP contribution in [0.4, 0.5) is 5.95 Å². The van der Waals surface area contributed by atoms with Crippen LogP contribution in [0.3, 0.4) is 0 Å². The van der Waals surface area contributed by atoms with E-state index in [9.17, 15) is 0 Å². The summed E-state index contributed by atoms with van der Waals surface area (Å²) in [5.41, 5.74) is 3.61. The van der Waals surface area contributed by atoms with Crippen molar-refractivity contribution in [2.24, 2.45) is 5.84 Å². The zero-order valence-electron chi connectivity index (χ0n) is 11.5. The smallest absolute Gasteiger partial charge is 0.322 e. The minimum atomic E-state index is 0.282. The van der Waals surface area contributed by atoms with Gasteiger partial charge in [0.25, 0.3) is 0 Å². The fourth-order valence-corrected chi connectivity index (χ4v) is 2.35. The first-order valence-electron chi connectivity index (χ1n) is 6.31. The van der Waals surface area contributed by atoms with E-state index < -0.39 is 0 Å². The summed E-state index contributed by atoms with van der Waals surface area (Å²) in [6.07, 6.45) is 0.886. The molecule has 2 aromatic rings. The first-order valence-corrected chi connectivity index (χ1v) is 7.13. The summed E-state index contributed by atoms with van der Waals surface area (Å²) < 4.78 is 5.43. The molecule has 0 aliphatic rings. The van der Waals surface area contributed by atoms with E-state index in [4.69, 9.17) is 10.6 Å². The SMILES string of the molecule is CCCOc1nc(NN)nc(Sc2cccc(C)c2)n1. The maximum Gasteiger partial charge on any atom is 0.322 e. The summed E-state index contributed by atoms with van der Waals surface area (Å²) in [6.45, 7) is 4.62. The number of hydrazine groups is 1. The predicted molar refractivity (Wildman–Crippen MR) is 78.7 cm³/mol. The number of aromatic nitrogens is 3. The van der Waals surface area contributed by atoms with Crippen LogP contribution in [0, 0.1) is 6.92 Å². The van der Waals surface area contributed by atoms with Gasteiger partial charge in [-0.15, -0.1) is 0 Å². The Morgan fingerprint density at radius 1 is 1.30 bits per heavy atom. The van der Waals surface area contributed by atoms with Crippen LogP contribution in [-0.4, -0.2) is 21.6 Å². The lowest BCUT2D eigenvalue weighted by atomic mass is 10.2. The number of hydrogen-bond acceptors (Lipinski definition) is 7. The third-order valence-corrected chi connectivity index (χ3v) is 3.21. The second kappa shape index (κ2) is 7.06. The van der Waals surface area contributed by atoms with Crippen molar-refractivity contribution in [1.82, 2.24) is 15.0 Å². The van der Waals surface area contributed by atoms with Crippen LogP contribution in [0.5, 0.6) is 6.01 Å². The number of nitrogens with two attached hydrogens (primary N) is 1. The third-order valence-electron chi connectivity index (χ3n) is 2.36. The first-order chi connectivity index (χ1) is 9.71. The van der Waals surface area contributed by atoms with Crippen molar-refractivity contribution < 1.29 is 4.74 Å². The molecule has 0 saturated carbocycles. The van der Waals surface area contributed by atoms with Gasteiger partial charge in [0.15, 0.2) is 0 Å². The number of nitrogens with zero attached hydrogens (tertiary/aromatic N) is 3. The van der Waals surface area contributed by atoms with Crippen LogP contribution >= 0.6 is 11.8 Å². The summed E-state index contributed by atoms with van der Waals surface area (Å²) in [5.74, 6) is 5.66. The molecule has 1 aromatic carbocycles. The fraction of sp³-hybridized carbons (Fsp3) is 0.308. The van der Waals surface area contributed by atoms with Crippen LogP contribution < -0.4 is 16.0 Å². The van der Waals surface area contributed by atoms with Crippen LogP contribution in [0.15, 0.2) is 34.3 Å². The Hall–Kier alpha value is -1.86. The molecule has 0 aliphatic heterocycles. The Morgan fingerprint density at radius 2 is 2.15 bits per heavy atom. The van der Waals surface area contributed by atoms with E-state index >= 15 is 0 Å². The van der Waals surface area contributed by atoms with Gasteiger partial charge in [0.1, 0.15) is 0 Å². The quantitative estimate of drug-likeness (QED) is 0.624. The molecule has 106 valence electrons. The number of nitrogens with one attached hydrogen (secondary N) is 1. The van der Waals surface area contributed by atoms with Gasteiger partial charge in [0.2, 0.25) is 11.1 Å². The van der Waals surface area contributed by atoms with Crippen molar-refractivity contribution >= 4 is 17.7 Å². The maximum absolute atomic E-state index is 5.43. The minimum absolute atomic E-state index is 0.282. The van der Waals surface area contributed by atoms with Crippen LogP contribution in [0.25, 0.3) is 0 Å². The Bertz CT molecular complexity index is 578. The molecule has 0 radical (unpaired) electrons. The molecule has 3 N–H and O–H groups in total. The molecule has 0 fully saturated rings. The van der Waals surface area contributed by atoms with E-state index in [1.807, 2.05) is 32.0 Å². The molecule has 0 bridgehead atoms. The highest BCUT2D eigenvalue weighted by Crippen LogP contribution is 2.26. The number of nitrogen functional groups attached to an aromatic ring is 1. The fourth-order valence-electron chi connectivity index (χ4n) is 1.49. The van der Waals surface area contributed by atoms with E-state index in [0.29, 0.717) is 17.7 Å². The molecule has 1 heterocycles. The van der Waals surface area contributed by atoms with Crippen molar-refractivity contribution in [3.63, 3.8) is 0 Å². The number of hydrogen-bond donors (Lipinski definition) is 2. The average molecular weight is 291 g/mol. The van der Waals surface area contributed by atoms with E-state index in [-0.39, 0.29) is 6.01 Å². The van der Waals surface area contributed by atoms with Gasteiger partial charge in [0, 0.05) is 4.90 Å². The lowest BCUT2D eigenvalue weighted by Crippen LogP contribution is -2.13. The number of ether oxygens (including phenoxy) is 1. The van der Waals surface area contributed by atoms with Gasteiger partial charge >= 0.3 is 6.01 Å². The topological polar surface area (TPSA) is 86.0 Å². The summed E-state index contributed by atoms with van der Waals surface area (Å²) >= 11 is 1.44. The molecule has 0 aliphatic carbocycles. The largest absolute Gasteiger partial charge is 0.463 e. The summed E-state index contributed by atoms with van der Waals surface area (Å²) in [5, 5.41) is 0.546. The Kier molecular flexibility index (Phi) is 5.14. The van der Waals surface area contributed by atoms with Gasteiger partial charge in [-0.1, -0.05) is 24.6 Å². The van der Waals surface area contributed by atoms with Gasteiger partial charge in [0.05, 0.1) is 6.61 Å². The normalized spacial score (nSPS) is 10.3. The molecule has 0 unspecified atom stereocenters. The zero-order chi connectivity index (χ0) is 14.4. The average Bonchev–Trinajstić information content (AvgIpc) is 2.45. The van der Waals surface area contributed by atoms with Gasteiger partial charge < -0.3 is 4.74 Å². The van der Waals surface area contributed by atoms with E-state index in [2.05, 4.69) is 26.4 Å². The third kappa shape index (κ3) is 4.07. The van der Waals surface area contributed by atoms with Gasteiger partial charge in [-0.2, -0.15) is 15.0 Å². The Balaban J connectivity index is 2.21. The van der Waals surface area contributed by atoms with E-state index in [0.717, 1.165) is 11.3 Å². The lowest BCUT2D eigenvalue weighted by molar-refractivity contribution is 0.288. The standard InChI is InChI=1S/C13H17N5OS/c1-3-7-19-12-15-11(18-14)16-13(17-12)20-10-6-4-5-9(2)8-10/h4-6,8H,3,7,14H2,1-2H3,(H,15,16,17,18). The van der Waals surface area contributed by atoms with Crippen LogP contribution in [0.2, 0.25) is 0 Å². The monoisotopic (exact) mass is 291 g/mol. The molecule has 0 spiro atoms. The lowest BCUT2D eigenvalue weighted by Gasteiger charge is -2.07. The highest BCUT2D eigenvalue weighted by Gasteiger charge is 2.08. The molecule has 20 heavy (non-hydrogen) atoms. The zero-order valence-corrected chi connectivity index (χ0v) is 12.3. The molecule has 2 rings (SSSR count). The van der Waals surface area contributed by atoms with Crippen molar-refractivity contribution in [2.45, 2.75) is 30.3 Å². The molecular weight excluding hydrogens is 274 g/mol. The Morgan fingerprint density at radius 3 is 2.85 bits per heavy atom. The van der Waals surface area contributed by atoms with Crippen LogP contribution in [-0.2, 0) is 0 Å². The molecule has 7 heteroatoms. The number of anilines is 1. The molecular formula is C13H17N5OS. The Labute approximate surface area is 122 Å². The van der Waals surface area contributed by atoms with Gasteiger partial charge in [-0.25, -0.2) is 5.84 Å². The summed E-state index contributed by atoms with van der Waals surface area (Å²) in [7, 11) is 0. The maximum atomic E-state index is 5.43. The number of rotatable bonds is 6. The van der Waals surface area contributed by atoms with Crippen molar-refractivity contribution in [1.29, 1.82) is 0 Å². The molecule has 0 amide bonds. The number of benzene rings is 1. The van der Waals surface area contributed by atoms with E-state index in [1.54, 1.807) is 0 Å². The molecule has 6 nitrogen and oxygen atoms in total. The predicted octanol–water partition coefficient (Wildman–Crippen LogP) is 2.41. The summed E-state index contributed by atoms with van der Waals surface area (Å²) in [6, 6.07) is 8.39. The highest BCUT2D eigenvalue weighted by atomic mass is 32.2. The molecule has 0 atom stereocenters. The molecule has 0 saturated heterocycles. The highest BCUT2D eigenvalue weighted by molar-refractivity contribution is 7.99. The van der Waals surface area contributed by atoms with Crippen molar-refractivity contribution in [2.75, 3.05) is 12.0 Å². The minimum Gasteiger partial charge on any atom is -0.463 e. The second-order valence-electron chi connectivity index (χ2n) is 4.14. The van der Waals surface area contributed by atoms with Crippen molar-refractivity contribution in [3.8, 4) is 6.01 Å². The van der Waals surface area contributed by atoms with Gasteiger partial charge in [-0.3, -0.25) is 5.43 Å². The van der Waals surface area contributed by atoms with Crippen molar-refractivity contribution in [3.05, 3.63) is 29.8 Å². The second-order valence-corrected chi connectivity index (χ2v) is 5.18.